The van der Waals surface area contributed by atoms with E-state index in [-0.39, 0.29) is 79.3 Å². The Bertz CT molecular complexity index is 772. The molecule has 22 nitrogen and oxygen atoms in total. The number of hydrogen-bond donors (Lipinski definition) is 20. The molecule has 0 heterocycles. The average Bonchev–Trinajstić information content (AvgIpc) is 3.40. The lowest BCUT2D eigenvalue weighted by atomic mass is 10.0. The van der Waals surface area contributed by atoms with Crippen LogP contribution >= 0.6 is 0 Å². The van der Waals surface area contributed by atoms with Gasteiger partial charge in [-0.05, 0) is 12.8 Å². The zero-order chi connectivity index (χ0) is 56.9. The van der Waals surface area contributed by atoms with E-state index in [1.807, 2.05) is 0 Å². The maximum absolute atomic E-state index is 10.3. The number of aliphatic hydroxyl groups excluding tert-OH is 18. The van der Waals surface area contributed by atoms with E-state index < -0.39 is 48.6 Å². The Morgan fingerprint density at radius 1 is 0.236 bits per heavy atom. The van der Waals surface area contributed by atoms with Crippen LogP contribution in [-0.4, -0.2) is 230 Å². The van der Waals surface area contributed by atoms with Gasteiger partial charge in [0.1, 0.15) is 36.6 Å². The Kier molecular flexibility index (Phi) is 100. The van der Waals surface area contributed by atoms with Gasteiger partial charge in [-0.15, -0.1) is 0 Å². The summed E-state index contributed by atoms with van der Waals surface area (Å²) in [5.74, 6) is -1.31. The number of hydrogen-bond acceptors (Lipinski definition) is 20. The van der Waals surface area contributed by atoms with Gasteiger partial charge in [-0.2, -0.15) is 0 Å². The van der Waals surface area contributed by atoms with Crippen LogP contribution in [0, 0.1) is 0 Å². The van der Waals surface area contributed by atoms with Gasteiger partial charge in [0, 0.05) is 12.8 Å². The Balaban J connectivity index is -0.000000116. The van der Waals surface area contributed by atoms with Crippen molar-refractivity contribution >= 4 is 11.9 Å². The summed E-state index contributed by atoms with van der Waals surface area (Å²) in [6, 6.07) is 0. The van der Waals surface area contributed by atoms with Gasteiger partial charge in [0.05, 0.1) is 79.3 Å². The summed E-state index contributed by atoms with van der Waals surface area (Å²) in [6.45, 7) is 0.146. The molecule has 0 aliphatic carbocycles. The molecule has 22 heteroatoms. The standard InChI is InChI=1S/2C16H32O2.6C3H8O3/c2*1-2-3-4-5-6-7-8-9-10-11-12-13-14-15-16(17)18;6*4-1-3(6)2-5/h2*2-15H2,1H3,(H,17,18);6*3-6H,1-2H2. The third-order valence-electron chi connectivity index (χ3n) is 9.52. The molecule has 0 aromatic heterocycles. The molecule has 444 valence electrons. The van der Waals surface area contributed by atoms with Gasteiger partial charge in [0.2, 0.25) is 0 Å². The van der Waals surface area contributed by atoms with Crippen LogP contribution in [0.2, 0.25) is 0 Å². The number of carbonyl (C=O) groups is 2. The molecule has 0 amide bonds. The molecular weight excluding hydrogens is 953 g/mol. The van der Waals surface area contributed by atoms with E-state index in [2.05, 4.69) is 13.8 Å². The fourth-order valence-corrected chi connectivity index (χ4v) is 4.93. The summed E-state index contributed by atoms with van der Waals surface area (Å²) >= 11 is 0. The summed E-state index contributed by atoms with van der Waals surface area (Å²) in [4.78, 5) is 20.6. The van der Waals surface area contributed by atoms with Crippen LogP contribution in [-0.2, 0) is 9.59 Å². The topological polar surface area (TPSA) is 439 Å². The van der Waals surface area contributed by atoms with E-state index in [1.54, 1.807) is 0 Å². The number of aliphatic hydroxyl groups is 18. The van der Waals surface area contributed by atoms with Crippen molar-refractivity contribution in [1.82, 2.24) is 0 Å². The lowest BCUT2D eigenvalue weighted by Gasteiger charge is -2.02. The first-order valence-corrected chi connectivity index (χ1v) is 26.2. The van der Waals surface area contributed by atoms with Crippen molar-refractivity contribution in [2.24, 2.45) is 0 Å². The highest BCUT2D eigenvalue weighted by Gasteiger charge is 2.00. The van der Waals surface area contributed by atoms with E-state index in [1.165, 1.54) is 141 Å². The van der Waals surface area contributed by atoms with Crippen LogP contribution in [0.5, 0.6) is 0 Å². The van der Waals surface area contributed by atoms with Crippen molar-refractivity contribution in [1.29, 1.82) is 0 Å². The summed E-state index contributed by atoms with van der Waals surface area (Å²) in [7, 11) is 0. The first kappa shape index (κ1) is 86.9. The van der Waals surface area contributed by atoms with Gasteiger partial charge in [0.25, 0.3) is 0 Å². The van der Waals surface area contributed by atoms with Gasteiger partial charge in [-0.25, -0.2) is 0 Å². The summed E-state index contributed by atoms with van der Waals surface area (Å²) < 4.78 is 0. The van der Waals surface area contributed by atoms with Crippen LogP contribution in [0.4, 0.5) is 0 Å². The largest absolute Gasteiger partial charge is 0.481 e. The molecule has 0 saturated heterocycles. The first-order valence-electron chi connectivity index (χ1n) is 26.2. The monoisotopic (exact) mass is 1060 g/mol. The van der Waals surface area contributed by atoms with E-state index in [4.69, 9.17) is 102 Å². The Morgan fingerprint density at radius 2 is 0.347 bits per heavy atom. The first-order chi connectivity index (χ1) is 34.4. The van der Waals surface area contributed by atoms with Gasteiger partial charge in [-0.3, -0.25) is 9.59 Å². The lowest BCUT2D eigenvalue weighted by Crippen LogP contribution is -2.15. The van der Waals surface area contributed by atoms with Crippen molar-refractivity contribution in [3.05, 3.63) is 0 Å². The Morgan fingerprint density at radius 3 is 0.431 bits per heavy atom. The number of aliphatic carboxylic acids is 2. The summed E-state index contributed by atoms with van der Waals surface area (Å²) in [5.41, 5.74) is 0. The van der Waals surface area contributed by atoms with Crippen molar-refractivity contribution in [3.63, 3.8) is 0 Å². The minimum absolute atomic E-state index is 0.345. The molecule has 0 unspecified atom stereocenters. The molecule has 0 bridgehead atoms. The van der Waals surface area contributed by atoms with Crippen molar-refractivity contribution in [2.75, 3.05) is 79.3 Å². The minimum atomic E-state index is -0.954. The molecule has 0 aliphatic heterocycles. The smallest absolute Gasteiger partial charge is 0.303 e. The Labute approximate surface area is 432 Å². The number of carboxylic acids is 2. The molecule has 0 spiro atoms. The van der Waals surface area contributed by atoms with Crippen LogP contribution in [0.25, 0.3) is 0 Å². The van der Waals surface area contributed by atoms with Crippen LogP contribution in [0.15, 0.2) is 0 Å². The van der Waals surface area contributed by atoms with Crippen molar-refractivity contribution < 1.29 is 112 Å². The average molecular weight is 1070 g/mol. The zero-order valence-electron chi connectivity index (χ0n) is 44.5. The van der Waals surface area contributed by atoms with E-state index in [0.717, 1.165) is 25.7 Å². The fraction of sp³-hybridized carbons (Fsp3) is 0.960. The highest BCUT2D eigenvalue weighted by molar-refractivity contribution is 5.66. The van der Waals surface area contributed by atoms with Crippen molar-refractivity contribution in [2.45, 2.75) is 230 Å². The molecule has 0 fully saturated rings. The van der Waals surface area contributed by atoms with Gasteiger partial charge in [0.15, 0.2) is 0 Å². The van der Waals surface area contributed by atoms with Gasteiger partial charge >= 0.3 is 11.9 Å². The lowest BCUT2D eigenvalue weighted by molar-refractivity contribution is -0.138. The molecule has 0 aromatic carbocycles. The molecule has 0 saturated carbocycles. The van der Waals surface area contributed by atoms with Gasteiger partial charge in [-0.1, -0.05) is 168 Å². The maximum Gasteiger partial charge on any atom is 0.303 e. The quantitative estimate of drug-likeness (QED) is 0.0382. The molecule has 0 radical (unpaired) electrons. The fourth-order valence-electron chi connectivity index (χ4n) is 4.93. The number of rotatable bonds is 40. The molecule has 72 heavy (non-hydrogen) atoms. The highest BCUT2D eigenvalue weighted by Crippen LogP contribution is 2.14. The number of carboxylic acid groups (broad SMARTS) is 2. The predicted molar refractivity (Wildman–Crippen MR) is 277 cm³/mol. The molecule has 20 N–H and O–H groups in total. The number of unbranched alkanes of at least 4 members (excludes halogenated alkanes) is 24. The van der Waals surface area contributed by atoms with E-state index >= 15 is 0 Å². The summed E-state index contributed by atoms with van der Waals surface area (Å²) in [6.07, 6.45) is 28.8. The SMILES string of the molecule is CCCCCCCCCCCCCCCC(=O)O.CCCCCCCCCCCCCCCC(=O)O.OCC(O)CO.OCC(O)CO.OCC(O)CO.OCC(O)CO.OCC(O)CO.OCC(O)CO. The molecule has 0 atom stereocenters. The summed E-state index contributed by atoms with van der Waals surface area (Å²) in [5, 5.41) is 161. The highest BCUT2D eigenvalue weighted by atomic mass is 16.4. The zero-order valence-corrected chi connectivity index (χ0v) is 44.5. The van der Waals surface area contributed by atoms with Crippen LogP contribution in [0.3, 0.4) is 0 Å². The van der Waals surface area contributed by atoms with Crippen molar-refractivity contribution in [3.8, 4) is 0 Å². The maximum atomic E-state index is 10.3. The molecular formula is C50H112O22. The van der Waals surface area contributed by atoms with E-state index in [9.17, 15) is 9.59 Å². The second-order valence-electron chi connectivity index (χ2n) is 16.9. The third-order valence-corrected chi connectivity index (χ3v) is 9.52. The predicted octanol–water partition coefficient (Wildman–Crippen LogP) is 1.10. The van der Waals surface area contributed by atoms with Crippen LogP contribution < -0.4 is 0 Å². The normalized spacial score (nSPS) is 10.4. The molecule has 0 rings (SSSR count). The second kappa shape index (κ2) is 83.2. The van der Waals surface area contributed by atoms with Crippen LogP contribution in [0.1, 0.15) is 194 Å². The van der Waals surface area contributed by atoms with Gasteiger partial charge < -0.3 is 102 Å². The second-order valence-corrected chi connectivity index (χ2v) is 16.9. The molecule has 0 aromatic rings. The minimum Gasteiger partial charge on any atom is -0.481 e. The Hall–Kier alpha value is -1.78. The van der Waals surface area contributed by atoms with E-state index in [0.29, 0.717) is 12.8 Å². The molecule has 0 aliphatic rings. The third kappa shape index (κ3) is 113.